The molecule has 3 saturated heterocycles. The lowest BCUT2D eigenvalue weighted by molar-refractivity contribution is -0.121. The molecule has 0 radical (unpaired) electrons. The summed E-state index contributed by atoms with van der Waals surface area (Å²) < 4.78 is 5.84. The highest BCUT2D eigenvalue weighted by Gasteiger charge is 2.44. The summed E-state index contributed by atoms with van der Waals surface area (Å²) in [6, 6.07) is 7.82. The van der Waals surface area contributed by atoms with Gasteiger partial charge in [-0.25, -0.2) is 9.97 Å². The van der Waals surface area contributed by atoms with Crippen LogP contribution in [0.15, 0.2) is 24.3 Å². The minimum Gasteiger partial charge on any atom is -0.374 e. The van der Waals surface area contributed by atoms with Crippen LogP contribution in [0.2, 0.25) is 0 Å². The Morgan fingerprint density at radius 2 is 1.88 bits per heavy atom. The molecule has 1 aromatic heterocycles. The van der Waals surface area contributed by atoms with E-state index in [4.69, 9.17) is 14.7 Å². The van der Waals surface area contributed by atoms with Gasteiger partial charge in [0.05, 0.1) is 29.2 Å². The Kier molecular flexibility index (Phi) is 3.59. The molecule has 3 fully saturated rings. The molecule has 6 heteroatoms. The van der Waals surface area contributed by atoms with Crippen molar-refractivity contribution in [2.45, 2.75) is 44.3 Å². The van der Waals surface area contributed by atoms with Gasteiger partial charge in [0.15, 0.2) is 11.6 Å². The molecule has 4 heterocycles. The second-order valence-electron chi connectivity index (χ2n) is 7.28. The first-order chi connectivity index (χ1) is 12.3. The lowest BCUT2D eigenvalue weighted by Gasteiger charge is -2.22. The number of nitrogens with one attached hydrogen (secondary N) is 1. The molecule has 25 heavy (non-hydrogen) atoms. The number of amides is 1. The van der Waals surface area contributed by atoms with Crippen LogP contribution in [0.3, 0.4) is 0 Å². The van der Waals surface area contributed by atoms with Crippen LogP contribution in [0.4, 0.5) is 11.6 Å². The predicted octanol–water partition coefficient (Wildman–Crippen LogP) is 2.74. The molecular formula is C19H22N4O2. The third-order valence-electron chi connectivity index (χ3n) is 5.64. The van der Waals surface area contributed by atoms with Crippen LogP contribution in [0.1, 0.15) is 32.1 Å². The van der Waals surface area contributed by atoms with E-state index in [-0.39, 0.29) is 24.0 Å². The van der Waals surface area contributed by atoms with Gasteiger partial charge < -0.3 is 15.0 Å². The molecule has 3 aliphatic heterocycles. The number of fused-ring (bicyclic) bond motifs is 3. The second kappa shape index (κ2) is 5.95. The maximum atomic E-state index is 12.8. The Balaban J connectivity index is 1.48. The number of anilines is 2. The van der Waals surface area contributed by atoms with Gasteiger partial charge in [0, 0.05) is 13.1 Å². The van der Waals surface area contributed by atoms with E-state index in [9.17, 15) is 4.79 Å². The number of para-hydroxylation sites is 2. The largest absolute Gasteiger partial charge is 0.374 e. The summed E-state index contributed by atoms with van der Waals surface area (Å²) >= 11 is 0. The van der Waals surface area contributed by atoms with E-state index in [1.165, 1.54) is 0 Å². The summed E-state index contributed by atoms with van der Waals surface area (Å²) in [5.74, 6) is 1.36. The maximum absolute atomic E-state index is 12.8. The number of benzene rings is 1. The number of hydrogen-bond donors (Lipinski definition) is 1. The number of rotatable bonds is 3. The Morgan fingerprint density at radius 3 is 2.56 bits per heavy atom. The van der Waals surface area contributed by atoms with E-state index >= 15 is 0 Å². The molecule has 1 aromatic carbocycles. The average Bonchev–Trinajstić information content (AvgIpc) is 3.38. The summed E-state index contributed by atoms with van der Waals surface area (Å²) in [6.45, 7) is 1.93. The number of carbonyl (C=O) groups excluding carboxylic acids is 1. The van der Waals surface area contributed by atoms with Crippen molar-refractivity contribution in [3.8, 4) is 0 Å². The summed E-state index contributed by atoms with van der Waals surface area (Å²) in [5, 5.41) is 3.07. The fourth-order valence-corrected chi connectivity index (χ4v) is 4.35. The summed E-state index contributed by atoms with van der Waals surface area (Å²) in [5.41, 5.74) is 1.68. The van der Waals surface area contributed by atoms with Gasteiger partial charge in [-0.3, -0.25) is 4.79 Å². The monoisotopic (exact) mass is 338 g/mol. The first-order valence-electron chi connectivity index (χ1n) is 9.26. The number of aromatic nitrogens is 2. The third kappa shape index (κ3) is 2.65. The van der Waals surface area contributed by atoms with Crippen molar-refractivity contribution in [2.75, 3.05) is 23.3 Å². The smallest absolute Gasteiger partial charge is 0.231 e. The van der Waals surface area contributed by atoms with Crippen LogP contribution in [-0.4, -0.2) is 41.2 Å². The van der Waals surface area contributed by atoms with Crippen molar-refractivity contribution < 1.29 is 9.53 Å². The molecule has 1 amide bonds. The van der Waals surface area contributed by atoms with Crippen LogP contribution >= 0.6 is 0 Å². The quantitative estimate of drug-likeness (QED) is 0.932. The molecule has 3 aliphatic rings. The molecule has 3 atom stereocenters. The summed E-state index contributed by atoms with van der Waals surface area (Å²) in [4.78, 5) is 24.6. The standard InChI is InChI=1S/C19H22N4O2/c24-19(13-11-12-7-8-16(13)25-12)22-17-18(23-9-3-4-10-23)21-15-6-2-1-5-14(15)20-17/h1-2,5-6,12-13,16H,3-4,7-11H2,(H,20,22,24)/t12-,13+,16-/m0/s1. The van der Waals surface area contributed by atoms with Gasteiger partial charge in [0.2, 0.25) is 5.91 Å². The fraction of sp³-hybridized carbons (Fsp3) is 0.526. The molecule has 0 spiro atoms. The molecule has 1 N–H and O–H groups in total. The Labute approximate surface area is 146 Å². The van der Waals surface area contributed by atoms with Crippen LogP contribution < -0.4 is 10.2 Å². The molecular weight excluding hydrogens is 316 g/mol. The van der Waals surface area contributed by atoms with Gasteiger partial charge in [-0.1, -0.05) is 12.1 Å². The first-order valence-corrected chi connectivity index (χ1v) is 9.26. The Morgan fingerprint density at radius 1 is 1.12 bits per heavy atom. The zero-order chi connectivity index (χ0) is 16.8. The number of hydrogen-bond acceptors (Lipinski definition) is 5. The maximum Gasteiger partial charge on any atom is 0.231 e. The van der Waals surface area contributed by atoms with Crippen LogP contribution in [0.25, 0.3) is 11.0 Å². The van der Waals surface area contributed by atoms with Crippen LogP contribution in [0, 0.1) is 5.92 Å². The van der Waals surface area contributed by atoms with E-state index in [0.29, 0.717) is 5.82 Å². The summed E-state index contributed by atoms with van der Waals surface area (Å²) in [6.07, 6.45) is 5.56. The topological polar surface area (TPSA) is 67.4 Å². The van der Waals surface area contributed by atoms with Crippen molar-refractivity contribution in [1.82, 2.24) is 9.97 Å². The van der Waals surface area contributed by atoms with Crippen molar-refractivity contribution in [3.05, 3.63) is 24.3 Å². The predicted molar refractivity (Wildman–Crippen MR) is 95.6 cm³/mol. The van der Waals surface area contributed by atoms with Gasteiger partial charge >= 0.3 is 0 Å². The number of nitrogens with zero attached hydrogens (tertiary/aromatic N) is 3. The van der Waals surface area contributed by atoms with Gasteiger partial charge in [-0.2, -0.15) is 0 Å². The van der Waals surface area contributed by atoms with Gasteiger partial charge in [-0.15, -0.1) is 0 Å². The minimum atomic E-state index is -0.0570. The number of carbonyl (C=O) groups is 1. The van der Waals surface area contributed by atoms with E-state index in [0.717, 1.165) is 62.0 Å². The molecule has 0 unspecified atom stereocenters. The highest BCUT2D eigenvalue weighted by molar-refractivity contribution is 5.96. The molecule has 6 nitrogen and oxygen atoms in total. The summed E-state index contributed by atoms with van der Waals surface area (Å²) in [7, 11) is 0. The zero-order valence-corrected chi connectivity index (χ0v) is 14.1. The van der Waals surface area contributed by atoms with E-state index < -0.39 is 0 Å². The van der Waals surface area contributed by atoms with Gasteiger partial charge in [-0.05, 0) is 44.2 Å². The van der Waals surface area contributed by atoms with E-state index in [1.807, 2.05) is 24.3 Å². The first kappa shape index (κ1) is 15.1. The van der Waals surface area contributed by atoms with E-state index in [1.54, 1.807) is 0 Å². The highest BCUT2D eigenvalue weighted by atomic mass is 16.5. The lowest BCUT2D eigenvalue weighted by Crippen LogP contribution is -2.32. The van der Waals surface area contributed by atoms with E-state index in [2.05, 4.69) is 10.2 Å². The molecule has 0 saturated carbocycles. The minimum absolute atomic E-state index is 0.0252. The molecule has 130 valence electrons. The van der Waals surface area contributed by atoms with Crippen molar-refractivity contribution in [2.24, 2.45) is 5.92 Å². The SMILES string of the molecule is O=C(Nc1nc2ccccc2nc1N1CCCC1)[C@@H]1C[C@@H]2CC[C@@H]1O2. The van der Waals surface area contributed by atoms with Crippen molar-refractivity contribution >= 4 is 28.6 Å². The Hall–Kier alpha value is -2.21. The number of ether oxygens (including phenoxy) is 1. The van der Waals surface area contributed by atoms with Gasteiger partial charge in [0.1, 0.15) is 0 Å². The molecule has 2 bridgehead atoms. The normalized spacial score (nSPS) is 28.0. The van der Waals surface area contributed by atoms with Crippen LogP contribution in [0.5, 0.6) is 0 Å². The molecule has 5 rings (SSSR count). The fourth-order valence-electron chi connectivity index (χ4n) is 4.35. The highest BCUT2D eigenvalue weighted by Crippen LogP contribution is 2.39. The van der Waals surface area contributed by atoms with Crippen molar-refractivity contribution in [1.29, 1.82) is 0 Å². The molecule has 2 aromatic rings. The van der Waals surface area contributed by atoms with Crippen molar-refractivity contribution in [3.63, 3.8) is 0 Å². The zero-order valence-electron chi connectivity index (χ0n) is 14.1. The van der Waals surface area contributed by atoms with Crippen LogP contribution in [-0.2, 0) is 9.53 Å². The Bertz CT molecular complexity index is 818. The average molecular weight is 338 g/mol. The lowest BCUT2D eigenvalue weighted by atomic mass is 9.88. The van der Waals surface area contributed by atoms with Gasteiger partial charge in [0.25, 0.3) is 0 Å². The third-order valence-corrected chi connectivity index (χ3v) is 5.64. The second-order valence-corrected chi connectivity index (χ2v) is 7.28. The molecule has 0 aliphatic carbocycles.